The van der Waals surface area contributed by atoms with Crippen LogP contribution in [0.15, 0.2) is 6.07 Å². The van der Waals surface area contributed by atoms with Crippen molar-refractivity contribution in [2.75, 3.05) is 19.6 Å². The van der Waals surface area contributed by atoms with Gasteiger partial charge in [0.2, 0.25) is 0 Å². The van der Waals surface area contributed by atoms with E-state index >= 15 is 0 Å². The van der Waals surface area contributed by atoms with Gasteiger partial charge in [0.15, 0.2) is 0 Å². The quantitative estimate of drug-likeness (QED) is 0.853. The third kappa shape index (κ3) is 3.18. The van der Waals surface area contributed by atoms with Crippen LogP contribution in [0.2, 0.25) is 0 Å². The highest BCUT2D eigenvalue weighted by molar-refractivity contribution is 7.14. The summed E-state index contributed by atoms with van der Waals surface area (Å²) in [5.41, 5.74) is 7.13. The molecule has 1 aliphatic carbocycles. The maximum absolute atomic E-state index is 12.5. The summed E-state index contributed by atoms with van der Waals surface area (Å²) < 4.78 is 0. The van der Waals surface area contributed by atoms with E-state index in [0.717, 1.165) is 30.8 Å². The molecule has 0 aromatic carbocycles. The zero-order valence-corrected chi connectivity index (χ0v) is 13.4. The summed E-state index contributed by atoms with van der Waals surface area (Å²) in [5.74, 6) is 0.732. The van der Waals surface area contributed by atoms with Gasteiger partial charge in [-0.05, 0) is 56.2 Å². The van der Waals surface area contributed by atoms with Crippen LogP contribution < -0.4 is 5.73 Å². The molecule has 0 radical (unpaired) electrons. The Morgan fingerprint density at radius 3 is 2.90 bits per heavy atom. The van der Waals surface area contributed by atoms with Gasteiger partial charge in [-0.1, -0.05) is 6.42 Å². The summed E-state index contributed by atoms with van der Waals surface area (Å²) in [6.45, 7) is 2.42. The fourth-order valence-electron chi connectivity index (χ4n) is 3.14. The molecule has 1 unspecified atom stereocenters. The third-order valence-electron chi connectivity index (χ3n) is 4.36. The molecule has 1 aromatic heterocycles. The lowest BCUT2D eigenvalue weighted by Gasteiger charge is -2.14. The van der Waals surface area contributed by atoms with Crippen LogP contribution in [-0.4, -0.2) is 30.4 Å². The van der Waals surface area contributed by atoms with Crippen molar-refractivity contribution in [3.63, 3.8) is 0 Å². The van der Waals surface area contributed by atoms with Crippen molar-refractivity contribution in [1.82, 2.24) is 4.90 Å². The second-order valence-electron chi connectivity index (χ2n) is 5.76. The molecular weight excluding hydrogens is 292 g/mol. The van der Waals surface area contributed by atoms with Crippen molar-refractivity contribution in [2.45, 2.75) is 38.5 Å². The molecule has 1 amide bonds. The summed E-state index contributed by atoms with van der Waals surface area (Å²) in [6, 6.07) is 2.16. The molecule has 0 spiro atoms. The van der Waals surface area contributed by atoms with Crippen LogP contribution in [-0.2, 0) is 12.8 Å². The largest absolute Gasteiger partial charge is 0.338 e. The van der Waals surface area contributed by atoms with E-state index < -0.39 is 0 Å². The number of thiophene rings is 1. The highest BCUT2D eigenvalue weighted by Crippen LogP contribution is 2.30. The van der Waals surface area contributed by atoms with Crippen LogP contribution in [0.1, 0.15) is 45.8 Å². The molecule has 112 valence electrons. The lowest BCUT2D eigenvalue weighted by Crippen LogP contribution is -2.29. The lowest BCUT2D eigenvalue weighted by atomic mass is 10.1. The fourth-order valence-corrected chi connectivity index (χ4v) is 4.36. The van der Waals surface area contributed by atoms with Gasteiger partial charge in [-0.2, -0.15) is 0 Å². The predicted molar refractivity (Wildman–Crippen MR) is 85.9 cm³/mol. The van der Waals surface area contributed by atoms with E-state index in [9.17, 15) is 4.79 Å². The van der Waals surface area contributed by atoms with Gasteiger partial charge in [-0.3, -0.25) is 4.79 Å². The number of carbonyl (C=O) groups excluding carboxylic acids is 1. The first kappa shape index (κ1) is 15.8. The Balaban J connectivity index is 0.00000147. The predicted octanol–water partition coefficient (Wildman–Crippen LogP) is 2.86. The van der Waals surface area contributed by atoms with E-state index in [-0.39, 0.29) is 18.3 Å². The van der Waals surface area contributed by atoms with Crippen LogP contribution in [0.4, 0.5) is 0 Å². The molecule has 20 heavy (non-hydrogen) atoms. The van der Waals surface area contributed by atoms with E-state index in [1.54, 1.807) is 11.3 Å². The van der Waals surface area contributed by atoms with Gasteiger partial charge in [0.1, 0.15) is 0 Å². The summed E-state index contributed by atoms with van der Waals surface area (Å²) in [4.78, 5) is 16.9. The van der Waals surface area contributed by atoms with Crippen LogP contribution in [0.5, 0.6) is 0 Å². The molecule has 1 saturated heterocycles. The minimum absolute atomic E-state index is 0. The number of fused-ring (bicyclic) bond motifs is 1. The Morgan fingerprint density at radius 2 is 2.15 bits per heavy atom. The summed E-state index contributed by atoms with van der Waals surface area (Å²) in [5, 5.41) is 0. The maximum atomic E-state index is 12.5. The number of carbonyl (C=O) groups is 1. The lowest BCUT2D eigenvalue weighted by molar-refractivity contribution is 0.0792. The Labute approximate surface area is 130 Å². The number of nitrogens with zero attached hydrogens (tertiary/aromatic N) is 1. The van der Waals surface area contributed by atoms with E-state index in [4.69, 9.17) is 5.73 Å². The number of aryl methyl sites for hydroxylation is 2. The van der Waals surface area contributed by atoms with Crippen molar-refractivity contribution in [1.29, 1.82) is 0 Å². The van der Waals surface area contributed by atoms with Crippen LogP contribution in [0.25, 0.3) is 0 Å². The number of halogens is 1. The first-order valence-electron chi connectivity index (χ1n) is 7.39. The Morgan fingerprint density at radius 1 is 1.35 bits per heavy atom. The van der Waals surface area contributed by atoms with Gasteiger partial charge in [-0.15, -0.1) is 23.7 Å². The van der Waals surface area contributed by atoms with Crippen LogP contribution >= 0.6 is 23.7 Å². The molecule has 2 aliphatic rings. The normalized spacial score (nSPS) is 22.1. The molecule has 1 aliphatic heterocycles. The number of hydrogen-bond donors (Lipinski definition) is 1. The molecule has 0 saturated carbocycles. The van der Waals surface area contributed by atoms with Crippen molar-refractivity contribution >= 4 is 29.7 Å². The molecule has 1 atom stereocenters. The first-order valence-corrected chi connectivity index (χ1v) is 8.20. The minimum atomic E-state index is 0. The highest BCUT2D eigenvalue weighted by Gasteiger charge is 2.27. The summed E-state index contributed by atoms with van der Waals surface area (Å²) >= 11 is 1.73. The monoisotopic (exact) mass is 314 g/mol. The number of amides is 1. The number of likely N-dealkylation sites (tertiary alicyclic amines) is 1. The van der Waals surface area contributed by atoms with Crippen molar-refractivity contribution in [2.24, 2.45) is 11.7 Å². The number of rotatable bonds is 2. The van der Waals surface area contributed by atoms with E-state index in [0.29, 0.717) is 12.5 Å². The fraction of sp³-hybridized carbons (Fsp3) is 0.667. The third-order valence-corrected chi connectivity index (χ3v) is 5.59. The summed E-state index contributed by atoms with van der Waals surface area (Å²) in [7, 11) is 0. The van der Waals surface area contributed by atoms with Crippen molar-refractivity contribution in [3.8, 4) is 0 Å². The molecule has 5 heteroatoms. The van der Waals surface area contributed by atoms with Gasteiger partial charge in [0.05, 0.1) is 4.88 Å². The molecular formula is C15H23ClN2OS. The van der Waals surface area contributed by atoms with Crippen molar-refractivity contribution in [3.05, 3.63) is 21.4 Å². The van der Waals surface area contributed by atoms with Crippen molar-refractivity contribution < 1.29 is 4.79 Å². The van der Waals surface area contributed by atoms with Gasteiger partial charge in [0.25, 0.3) is 5.91 Å². The smallest absolute Gasteiger partial charge is 0.263 e. The molecule has 0 bridgehead atoms. The van der Waals surface area contributed by atoms with Crippen LogP contribution in [0.3, 0.4) is 0 Å². The summed E-state index contributed by atoms with van der Waals surface area (Å²) in [6.07, 6.45) is 7.27. The number of nitrogens with two attached hydrogens (primary N) is 1. The second kappa shape index (κ2) is 6.92. The Kier molecular flexibility index (Phi) is 5.47. The second-order valence-corrected chi connectivity index (χ2v) is 6.90. The minimum Gasteiger partial charge on any atom is -0.338 e. The van der Waals surface area contributed by atoms with Crippen LogP contribution in [0, 0.1) is 5.92 Å². The number of hydrogen-bond acceptors (Lipinski definition) is 3. The topological polar surface area (TPSA) is 46.3 Å². The average molecular weight is 315 g/mol. The Hall–Kier alpha value is -0.580. The Bertz CT molecular complexity index is 451. The zero-order chi connectivity index (χ0) is 13.2. The van der Waals surface area contributed by atoms with Gasteiger partial charge < -0.3 is 10.6 Å². The SMILES string of the molecule is Cl.NCC1CCN(C(=O)c2cc3c(s2)CCCCC3)C1. The molecule has 3 nitrogen and oxygen atoms in total. The maximum Gasteiger partial charge on any atom is 0.263 e. The molecule has 2 N–H and O–H groups in total. The van der Waals surface area contributed by atoms with Gasteiger partial charge >= 0.3 is 0 Å². The highest BCUT2D eigenvalue weighted by atomic mass is 35.5. The van der Waals surface area contributed by atoms with E-state index in [1.165, 1.54) is 36.1 Å². The van der Waals surface area contributed by atoms with Gasteiger partial charge in [-0.25, -0.2) is 0 Å². The zero-order valence-electron chi connectivity index (χ0n) is 11.8. The van der Waals surface area contributed by atoms with Gasteiger partial charge in [0, 0.05) is 18.0 Å². The molecule has 1 aromatic rings. The van der Waals surface area contributed by atoms with E-state index in [2.05, 4.69) is 6.07 Å². The molecule has 1 fully saturated rings. The first-order chi connectivity index (χ1) is 9.28. The standard InChI is InChI=1S/C15H22N2OS.ClH/c16-9-11-6-7-17(10-11)15(18)14-8-12-4-2-1-3-5-13(12)19-14;/h8,11H,1-7,9-10,16H2;1H. The average Bonchev–Trinajstić information content (AvgIpc) is 3.00. The molecule has 2 heterocycles. The molecule has 3 rings (SSSR count). The van der Waals surface area contributed by atoms with E-state index in [1.807, 2.05) is 4.90 Å².